The third-order valence-corrected chi connectivity index (χ3v) is 8.16. The number of aromatic nitrogens is 1. The number of rotatable bonds is 16. The summed E-state index contributed by atoms with van der Waals surface area (Å²) in [5.41, 5.74) is 2.66. The fourth-order valence-corrected chi connectivity index (χ4v) is 5.60. The van der Waals surface area contributed by atoms with Gasteiger partial charge in [0.25, 0.3) is 5.91 Å². The predicted octanol–water partition coefficient (Wildman–Crippen LogP) is 5.59. The number of fused-ring (bicyclic) bond motifs is 1. The Labute approximate surface area is 249 Å². The van der Waals surface area contributed by atoms with E-state index in [2.05, 4.69) is 51.7 Å². The molecular weight excluding hydrogens is 528 g/mol. The van der Waals surface area contributed by atoms with Gasteiger partial charge in [0.05, 0.1) is 12.2 Å². The lowest BCUT2D eigenvalue weighted by Gasteiger charge is -2.32. The molecule has 0 spiro atoms. The number of amides is 2. The van der Waals surface area contributed by atoms with E-state index in [1.807, 2.05) is 30.3 Å². The van der Waals surface area contributed by atoms with Crippen LogP contribution in [-0.4, -0.2) is 60.0 Å². The van der Waals surface area contributed by atoms with E-state index in [0.717, 1.165) is 75.5 Å². The zero-order valence-corrected chi connectivity index (χ0v) is 24.9. The summed E-state index contributed by atoms with van der Waals surface area (Å²) in [5, 5.41) is 6.64. The van der Waals surface area contributed by atoms with Crippen molar-refractivity contribution in [1.29, 1.82) is 0 Å². The zero-order chi connectivity index (χ0) is 29.6. The highest BCUT2D eigenvalue weighted by Gasteiger charge is 2.25. The Bertz CT molecular complexity index is 1270. The van der Waals surface area contributed by atoms with Gasteiger partial charge in [-0.15, -0.1) is 0 Å². The quantitative estimate of drug-likeness (QED) is 0.153. The first-order valence-corrected chi connectivity index (χ1v) is 15.6. The Morgan fingerprint density at radius 2 is 1.76 bits per heavy atom. The zero-order valence-electron chi connectivity index (χ0n) is 24.9. The minimum absolute atomic E-state index is 0.112. The number of aromatic amines is 1. The van der Waals surface area contributed by atoms with Crippen LogP contribution < -0.4 is 10.6 Å². The van der Waals surface area contributed by atoms with E-state index in [0.29, 0.717) is 24.6 Å². The van der Waals surface area contributed by atoms with E-state index in [1.54, 1.807) is 6.20 Å². The van der Waals surface area contributed by atoms with Crippen LogP contribution in [0.2, 0.25) is 0 Å². The molecule has 2 aromatic carbocycles. The van der Waals surface area contributed by atoms with Crippen molar-refractivity contribution in [3.63, 3.8) is 0 Å². The normalized spacial score (nSPS) is 14.9. The number of benzene rings is 2. The molecule has 0 unspecified atom stereocenters. The topological polar surface area (TPSA) is 104 Å². The number of piperidine rings is 1. The van der Waals surface area contributed by atoms with Crippen LogP contribution in [0.4, 0.5) is 0 Å². The van der Waals surface area contributed by atoms with Gasteiger partial charge in [-0.3, -0.25) is 14.5 Å². The Kier molecular flexibility index (Phi) is 12.4. The first-order valence-electron chi connectivity index (χ1n) is 15.6. The number of para-hydroxylation sites is 1. The summed E-state index contributed by atoms with van der Waals surface area (Å²) in [6, 6.07) is 17.2. The molecule has 0 aliphatic carbocycles. The molecule has 0 saturated carbocycles. The van der Waals surface area contributed by atoms with Gasteiger partial charge < -0.3 is 20.4 Å². The number of unbranched alkanes of at least 4 members (excludes halogenated alkanes) is 3. The molecule has 0 bridgehead atoms. The standard InChI is InChI=1S/C34H46N4O4/c1-2-3-4-10-23-42-34(41)31(37-33(40)29-24-36-30-14-9-8-13-28(29)30)15-16-32(39)35-20-17-26-18-21-38(22-19-26)25-27-11-6-5-7-12-27/h5-9,11-14,24,26,31,36H,2-4,10,15-23,25H2,1H3,(H,35,39)(H,37,40)/t31-/m0/s1. The average Bonchev–Trinajstić information content (AvgIpc) is 3.45. The van der Waals surface area contributed by atoms with E-state index in [-0.39, 0.29) is 24.7 Å². The fourth-order valence-electron chi connectivity index (χ4n) is 5.60. The maximum atomic E-state index is 13.1. The number of likely N-dealkylation sites (tertiary alicyclic amines) is 1. The van der Waals surface area contributed by atoms with Crippen LogP contribution in [0, 0.1) is 5.92 Å². The molecule has 42 heavy (non-hydrogen) atoms. The molecule has 2 heterocycles. The molecule has 226 valence electrons. The molecule has 1 saturated heterocycles. The fraction of sp³-hybridized carbons (Fsp3) is 0.500. The van der Waals surface area contributed by atoms with Gasteiger partial charge in [0, 0.05) is 36.6 Å². The highest BCUT2D eigenvalue weighted by Crippen LogP contribution is 2.22. The van der Waals surface area contributed by atoms with E-state index < -0.39 is 12.0 Å². The predicted molar refractivity (Wildman–Crippen MR) is 166 cm³/mol. The van der Waals surface area contributed by atoms with Crippen LogP contribution in [-0.2, 0) is 20.9 Å². The summed E-state index contributed by atoms with van der Waals surface area (Å²) in [7, 11) is 0. The van der Waals surface area contributed by atoms with Gasteiger partial charge in [-0.25, -0.2) is 4.79 Å². The Morgan fingerprint density at radius 3 is 2.55 bits per heavy atom. The highest BCUT2D eigenvalue weighted by atomic mass is 16.5. The van der Waals surface area contributed by atoms with E-state index >= 15 is 0 Å². The first kappa shape index (κ1) is 31.3. The number of nitrogens with zero attached hydrogens (tertiary/aromatic N) is 1. The van der Waals surface area contributed by atoms with Crippen LogP contribution >= 0.6 is 0 Å². The van der Waals surface area contributed by atoms with Crippen molar-refractivity contribution in [1.82, 2.24) is 20.5 Å². The minimum Gasteiger partial charge on any atom is -0.464 e. The lowest BCUT2D eigenvalue weighted by Crippen LogP contribution is -2.43. The maximum absolute atomic E-state index is 13.1. The molecule has 8 nitrogen and oxygen atoms in total. The SMILES string of the molecule is CCCCCCOC(=O)[C@H](CCC(=O)NCCC1CCN(Cc2ccccc2)CC1)NC(=O)c1c[nH]c2ccccc12. The number of ether oxygens (including phenoxy) is 1. The van der Waals surface area contributed by atoms with Crippen LogP contribution in [0.3, 0.4) is 0 Å². The minimum atomic E-state index is -0.892. The first-order chi connectivity index (χ1) is 20.5. The molecule has 3 N–H and O–H groups in total. The molecule has 2 amide bonds. The van der Waals surface area contributed by atoms with Gasteiger partial charge in [0.2, 0.25) is 5.91 Å². The van der Waals surface area contributed by atoms with Gasteiger partial charge in [0.1, 0.15) is 6.04 Å². The van der Waals surface area contributed by atoms with E-state index in [9.17, 15) is 14.4 Å². The highest BCUT2D eigenvalue weighted by molar-refractivity contribution is 6.07. The van der Waals surface area contributed by atoms with Crippen LogP contribution in [0.25, 0.3) is 10.9 Å². The lowest BCUT2D eigenvalue weighted by molar-refractivity contribution is -0.146. The monoisotopic (exact) mass is 574 g/mol. The van der Waals surface area contributed by atoms with Crippen LogP contribution in [0.5, 0.6) is 0 Å². The average molecular weight is 575 g/mol. The molecule has 3 aromatic rings. The number of carbonyl (C=O) groups is 3. The molecule has 1 aromatic heterocycles. The van der Waals surface area contributed by atoms with Crippen molar-refractivity contribution in [2.75, 3.05) is 26.2 Å². The number of nitrogens with one attached hydrogen (secondary N) is 3. The molecule has 1 atom stereocenters. The molecule has 4 rings (SSSR count). The van der Waals surface area contributed by atoms with Gasteiger partial charge in [0.15, 0.2) is 0 Å². The Hall–Kier alpha value is -3.65. The van der Waals surface area contributed by atoms with Crippen molar-refractivity contribution < 1.29 is 19.1 Å². The number of hydrogen-bond donors (Lipinski definition) is 3. The number of hydrogen-bond acceptors (Lipinski definition) is 5. The molecule has 8 heteroatoms. The van der Waals surface area contributed by atoms with Gasteiger partial charge in [-0.05, 0) is 62.7 Å². The molecule has 0 radical (unpaired) electrons. The molecule has 1 aliphatic rings. The summed E-state index contributed by atoms with van der Waals surface area (Å²) in [5.74, 6) is -0.365. The summed E-state index contributed by atoms with van der Waals surface area (Å²) in [6.07, 6.45) is 9.15. The second kappa shape index (κ2) is 16.7. The smallest absolute Gasteiger partial charge is 0.328 e. The lowest BCUT2D eigenvalue weighted by atomic mass is 9.93. The number of H-pyrrole nitrogens is 1. The van der Waals surface area contributed by atoms with Crippen molar-refractivity contribution in [3.8, 4) is 0 Å². The largest absolute Gasteiger partial charge is 0.464 e. The van der Waals surface area contributed by atoms with E-state index in [4.69, 9.17) is 4.74 Å². The van der Waals surface area contributed by atoms with Crippen molar-refractivity contribution in [2.45, 2.75) is 77.3 Å². The van der Waals surface area contributed by atoms with Crippen molar-refractivity contribution in [2.24, 2.45) is 5.92 Å². The number of carbonyl (C=O) groups excluding carboxylic acids is 3. The van der Waals surface area contributed by atoms with Crippen LogP contribution in [0.1, 0.15) is 80.6 Å². The van der Waals surface area contributed by atoms with Crippen LogP contribution in [0.15, 0.2) is 60.8 Å². The second-order valence-corrected chi connectivity index (χ2v) is 11.4. The van der Waals surface area contributed by atoms with Crippen molar-refractivity contribution in [3.05, 3.63) is 71.9 Å². The third-order valence-electron chi connectivity index (χ3n) is 8.16. The second-order valence-electron chi connectivity index (χ2n) is 11.4. The van der Waals surface area contributed by atoms with E-state index in [1.165, 1.54) is 5.56 Å². The van der Waals surface area contributed by atoms with Gasteiger partial charge >= 0.3 is 5.97 Å². The summed E-state index contributed by atoms with van der Waals surface area (Å²) in [4.78, 5) is 44.4. The summed E-state index contributed by atoms with van der Waals surface area (Å²) in [6.45, 7) is 6.20. The molecule has 1 fully saturated rings. The van der Waals surface area contributed by atoms with Gasteiger partial charge in [-0.2, -0.15) is 0 Å². The summed E-state index contributed by atoms with van der Waals surface area (Å²) >= 11 is 0. The van der Waals surface area contributed by atoms with Gasteiger partial charge in [-0.1, -0.05) is 74.7 Å². The summed E-state index contributed by atoms with van der Waals surface area (Å²) < 4.78 is 5.50. The third kappa shape index (κ3) is 9.72. The molecule has 1 aliphatic heterocycles. The Balaban J connectivity index is 1.21. The molecular formula is C34H46N4O4. The number of esters is 1. The maximum Gasteiger partial charge on any atom is 0.328 e. The Morgan fingerprint density at radius 1 is 1.00 bits per heavy atom. The van der Waals surface area contributed by atoms with Crippen molar-refractivity contribution >= 4 is 28.7 Å².